The van der Waals surface area contributed by atoms with E-state index in [-0.39, 0.29) is 0 Å². The van der Waals surface area contributed by atoms with Gasteiger partial charge in [0.2, 0.25) is 0 Å². The van der Waals surface area contributed by atoms with Crippen LogP contribution in [0.25, 0.3) is 0 Å². The molecule has 0 saturated carbocycles. The standard InChI is InChI=1S/C12H8Cl3NS/c13-7-3-1-2-4-11(7)17-12-6-9(15)8(14)5-10(12)16/h1-6H,16H2. The predicted molar refractivity (Wildman–Crippen MR) is 76.4 cm³/mol. The number of halogens is 3. The van der Waals surface area contributed by atoms with Gasteiger partial charge in [0, 0.05) is 15.5 Å². The summed E-state index contributed by atoms with van der Waals surface area (Å²) in [5, 5.41) is 1.62. The summed E-state index contributed by atoms with van der Waals surface area (Å²) in [4.78, 5) is 1.77. The van der Waals surface area contributed by atoms with Gasteiger partial charge in [-0.2, -0.15) is 0 Å². The molecule has 2 aromatic carbocycles. The van der Waals surface area contributed by atoms with Crippen LogP contribution in [0.3, 0.4) is 0 Å². The monoisotopic (exact) mass is 303 g/mol. The van der Waals surface area contributed by atoms with Crippen molar-refractivity contribution in [1.29, 1.82) is 0 Å². The molecule has 2 aromatic rings. The van der Waals surface area contributed by atoms with Crippen LogP contribution in [0.2, 0.25) is 15.1 Å². The van der Waals surface area contributed by atoms with Gasteiger partial charge in [-0.05, 0) is 24.3 Å². The fourth-order valence-corrected chi connectivity index (χ4v) is 2.83. The van der Waals surface area contributed by atoms with Gasteiger partial charge < -0.3 is 5.73 Å². The largest absolute Gasteiger partial charge is 0.398 e. The van der Waals surface area contributed by atoms with Crippen LogP contribution in [-0.4, -0.2) is 0 Å². The molecule has 0 aliphatic carbocycles. The summed E-state index contributed by atoms with van der Waals surface area (Å²) in [6.45, 7) is 0. The zero-order valence-electron chi connectivity index (χ0n) is 8.58. The van der Waals surface area contributed by atoms with E-state index in [2.05, 4.69) is 0 Å². The predicted octanol–water partition coefficient (Wildman–Crippen LogP) is 5.38. The second-order valence-corrected chi connectivity index (χ2v) is 5.64. The Morgan fingerprint density at radius 2 is 1.47 bits per heavy atom. The molecule has 2 rings (SSSR count). The molecule has 5 heteroatoms. The number of benzene rings is 2. The Morgan fingerprint density at radius 3 is 2.18 bits per heavy atom. The van der Waals surface area contributed by atoms with Crippen molar-refractivity contribution in [3.63, 3.8) is 0 Å². The van der Waals surface area contributed by atoms with Crippen molar-refractivity contribution in [2.45, 2.75) is 9.79 Å². The molecule has 88 valence electrons. The second-order valence-electron chi connectivity index (χ2n) is 3.34. The molecule has 0 saturated heterocycles. The van der Waals surface area contributed by atoms with E-state index in [1.807, 2.05) is 24.3 Å². The van der Waals surface area contributed by atoms with E-state index in [9.17, 15) is 0 Å². The van der Waals surface area contributed by atoms with Gasteiger partial charge in [0.25, 0.3) is 0 Å². The highest BCUT2D eigenvalue weighted by Crippen LogP contribution is 2.39. The third-order valence-electron chi connectivity index (χ3n) is 2.11. The molecule has 0 aliphatic rings. The maximum atomic E-state index is 6.08. The summed E-state index contributed by atoms with van der Waals surface area (Å²) in [7, 11) is 0. The molecule has 0 amide bonds. The Hall–Kier alpha value is -0.540. The Morgan fingerprint density at radius 1 is 0.824 bits per heavy atom. The fraction of sp³-hybridized carbons (Fsp3) is 0. The van der Waals surface area contributed by atoms with Crippen LogP contribution < -0.4 is 5.73 Å². The number of anilines is 1. The summed E-state index contributed by atoms with van der Waals surface area (Å²) in [5.41, 5.74) is 6.47. The molecule has 0 spiro atoms. The lowest BCUT2D eigenvalue weighted by Gasteiger charge is -2.08. The van der Waals surface area contributed by atoms with Gasteiger partial charge in [-0.25, -0.2) is 0 Å². The first kappa shape index (κ1) is 12.9. The van der Waals surface area contributed by atoms with Crippen molar-refractivity contribution < 1.29 is 0 Å². The molecule has 0 unspecified atom stereocenters. The van der Waals surface area contributed by atoms with Crippen molar-refractivity contribution in [3.8, 4) is 0 Å². The van der Waals surface area contributed by atoms with Crippen LogP contribution in [0.4, 0.5) is 5.69 Å². The van der Waals surface area contributed by atoms with Gasteiger partial charge in [-0.3, -0.25) is 0 Å². The molecule has 1 nitrogen and oxygen atoms in total. The normalized spacial score (nSPS) is 10.5. The molecule has 0 aliphatic heterocycles. The van der Waals surface area contributed by atoms with Crippen LogP contribution in [0, 0.1) is 0 Å². The van der Waals surface area contributed by atoms with E-state index in [0.717, 1.165) is 9.79 Å². The zero-order valence-corrected chi connectivity index (χ0v) is 11.7. The van der Waals surface area contributed by atoms with E-state index in [4.69, 9.17) is 40.5 Å². The molecular weight excluding hydrogens is 297 g/mol. The Balaban J connectivity index is 2.37. The Labute approximate surface area is 119 Å². The second kappa shape index (κ2) is 5.40. The van der Waals surface area contributed by atoms with Gasteiger partial charge in [0.15, 0.2) is 0 Å². The summed E-state index contributed by atoms with van der Waals surface area (Å²) >= 11 is 19.4. The lowest BCUT2D eigenvalue weighted by molar-refractivity contribution is 1.41. The van der Waals surface area contributed by atoms with Gasteiger partial charge in [-0.15, -0.1) is 0 Å². The zero-order chi connectivity index (χ0) is 12.4. The molecular formula is C12H8Cl3NS. The lowest BCUT2D eigenvalue weighted by Crippen LogP contribution is -1.89. The van der Waals surface area contributed by atoms with Gasteiger partial charge in [-0.1, -0.05) is 58.7 Å². The van der Waals surface area contributed by atoms with Gasteiger partial charge in [0.05, 0.1) is 15.1 Å². The molecule has 0 heterocycles. The third-order valence-corrected chi connectivity index (χ3v) is 4.42. The van der Waals surface area contributed by atoms with Crippen molar-refractivity contribution in [3.05, 3.63) is 51.5 Å². The van der Waals surface area contributed by atoms with E-state index in [0.29, 0.717) is 20.8 Å². The van der Waals surface area contributed by atoms with Gasteiger partial charge in [0.1, 0.15) is 0 Å². The minimum atomic E-state index is 0.452. The number of nitrogen functional groups attached to an aromatic ring is 1. The summed E-state index contributed by atoms with van der Waals surface area (Å²) in [5.74, 6) is 0. The summed E-state index contributed by atoms with van der Waals surface area (Å²) < 4.78 is 0. The highest BCUT2D eigenvalue weighted by molar-refractivity contribution is 7.99. The number of rotatable bonds is 2. The highest BCUT2D eigenvalue weighted by Gasteiger charge is 2.08. The van der Waals surface area contributed by atoms with E-state index in [1.54, 1.807) is 12.1 Å². The topological polar surface area (TPSA) is 26.0 Å². The first-order valence-corrected chi connectivity index (χ1v) is 6.70. The quantitative estimate of drug-likeness (QED) is 0.754. The lowest BCUT2D eigenvalue weighted by atomic mass is 10.3. The molecule has 0 fully saturated rings. The maximum Gasteiger partial charge on any atom is 0.0613 e. The Kier molecular flexibility index (Phi) is 4.10. The van der Waals surface area contributed by atoms with E-state index in [1.165, 1.54) is 11.8 Å². The molecule has 0 atom stereocenters. The average molecular weight is 305 g/mol. The van der Waals surface area contributed by atoms with E-state index < -0.39 is 0 Å². The fourth-order valence-electron chi connectivity index (χ4n) is 1.28. The molecule has 17 heavy (non-hydrogen) atoms. The summed E-state index contributed by atoms with van der Waals surface area (Å²) in [6, 6.07) is 10.9. The van der Waals surface area contributed by atoms with Crippen LogP contribution in [-0.2, 0) is 0 Å². The first-order valence-electron chi connectivity index (χ1n) is 4.75. The average Bonchev–Trinajstić information content (AvgIpc) is 2.29. The minimum absolute atomic E-state index is 0.452. The number of nitrogens with two attached hydrogens (primary N) is 1. The van der Waals surface area contributed by atoms with Crippen LogP contribution in [0.15, 0.2) is 46.2 Å². The van der Waals surface area contributed by atoms with Crippen molar-refractivity contribution in [1.82, 2.24) is 0 Å². The molecule has 0 aromatic heterocycles. The van der Waals surface area contributed by atoms with Crippen molar-refractivity contribution in [2.75, 3.05) is 5.73 Å². The number of hydrogen-bond acceptors (Lipinski definition) is 2. The first-order chi connectivity index (χ1) is 8.08. The minimum Gasteiger partial charge on any atom is -0.398 e. The molecule has 0 bridgehead atoms. The highest BCUT2D eigenvalue weighted by atomic mass is 35.5. The summed E-state index contributed by atoms with van der Waals surface area (Å²) in [6.07, 6.45) is 0. The van der Waals surface area contributed by atoms with E-state index >= 15 is 0 Å². The molecule has 0 radical (unpaired) electrons. The van der Waals surface area contributed by atoms with Crippen molar-refractivity contribution >= 4 is 52.3 Å². The van der Waals surface area contributed by atoms with Crippen molar-refractivity contribution in [2.24, 2.45) is 0 Å². The third kappa shape index (κ3) is 3.02. The number of hydrogen-bond donors (Lipinski definition) is 1. The van der Waals surface area contributed by atoms with Crippen LogP contribution in [0.5, 0.6) is 0 Å². The Bertz CT molecular complexity index is 557. The smallest absolute Gasteiger partial charge is 0.0613 e. The van der Waals surface area contributed by atoms with Crippen LogP contribution in [0.1, 0.15) is 0 Å². The van der Waals surface area contributed by atoms with Crippen LogP contribution >= 0.6 is 46.6 Å². The SMILES string of the molecule is Nc1cc(Cl)c(Cl)cc1Sc1ccccc1Cl. The maximum absolute atomic E-state index is 6.08. The molecule has 2 N–H and O–H groups in total. The van der Waals surface area contributed by atoms with Gasteiger partial charge >= 0.3 is 0 Å².